The zero-order valence-corrected chi connectivity index (χ0v) is 22.6. The number of nitrogens with two attached hydrogens (primary N) is 2. The Morgan fingerprint density at radius 1 is 1.30 bits per heavy atom. The summed E-state index contributed by atoms with van der Waals surface area (Å²) in [7, 11) is 2.21. The Labute approximate surface area is 211 Å². The van der Waals surface area contributed by atoms with E-state index >= 15 is 0 Å². The van der Waals surface area contributed by atoms with E-state index in [0.29, 0.717) is 19.5 Å². The minimum absolute atomic E-state index is 0.366. The fourth-order valence-electron chi connectivity index (χ4n) is 3.11. The van der Waals surface area contributed by atoms with Crippen LogP contribution in [0.1, 0.15) is 39.2 Å². The monoisotopic (exact) mass is 584 g/mol. The number of unbranched alkanes of at least 4 members (excludes halogenated alkanes) is 1. The molecular formula is C22H33BIN5O3P. The Kier molecular flexibility index (Phi) is 11.3. The van der Waals surface area contributed by atoms with Crippen LogP contribution in [0, 0.1) is 0 Å². The molecule has 0 aliphatic rings. The van der Waals surface area contributed by atoms with Crippen molar-refractivity contribution < 1.29 is 14.3 Å². The quantitative estimate of drug-likeness (QED) is 0.108. The predicted octanol–water partition coefficient (Wildman–Crippen LogP) is 4.82. The van der Waals surface area contributed by atoms with Crippen LogP contribution >= 0.6 is 28.4 Å². The normalized spacial score (nSPS) is 12.7. The highest BCUT2D eigenvalue weighted by molar-refractivity contribution is 14.2. The van der Waals surface area contributed by atoms with Gasteiger partial charge in [-0.1, -0.05) is 12.7 Å². The minimum Gasteiger partial charge on any atom is -0.494 e. The van der Waals surface area contributed by atoms with Crippen molar-refractivity contribution in [2.75, 3.05) is 13.2 Å². The lowest BCUT2D eigenvalue weighted by Crippen LogP contribution is -2.33. The van der Waals surface area contributed by atoms with Crippen molar-refractivity contribution in [2.45, 2.75) is 51.9 Å². The Bertz CT molecular complexity index is 975. The van der Waals surface area contributed by atoms with Gasteiger partial charge >= 0.3 is 6.09 Å². The first-order valence-corrected chi connectivity index (χ1v) is 15.0. The molecule has 1 aromatic carbocycles. The third-order valence-corrected chi connectivity index (χ3v) is 6.49. The molecule has 5 N–H and O–H groups in total. The van der Waals surface area contributed by atoms with E-state index in [-0.39, 0.29) is 6.09 Å². The number of alkyl carbamates (subject to hydrolysis) is 1. The predicted molar refractivity (Wildman–Crippen MR) is 147 cm³/mol. The summed E-state index contributed by atoms with van der Waals surface area (Å²) >= 11 is 2.31. The second-order valence-electron chi connectivity index (χ2n) is 8.38. The Morgan fingerprint density at radius 2 is 2.09 bits per heavy atom. The smallest absolute Gasteiger partial charge is 0.407 e. The lowest BCUT2D eigenvalue weighted by molar-refractivity contribution is 0.0527. The highest BCUT2D eigenvalue weighted by Gasteiger charge is 2.15. The van der Waals surface area contributed by atoms with Crippen LogP contribution in [0.5, 0.6) is 5.75 Å². The summed E-state index contributed by atoms with van der Waals surface area (Å²) in [5, 5.41) is 8.22. The number of aromatic nitrogens is 2. The SMILES string of the molecule is CC(C)(C)OC(=O)NCCCC[B]CCOc1cc(C(/C=C\N)=C/N)cc2c1cnn2PI. The van der Waals surface area contributed by atoms with Crippen LogP contribution in [-0.4, -0.2) is 41.7 Å². The van der Waals surface area contributed by atoms with Crippen LogP contribution in [0.15, 0.2) is 36.8 Å². The summed E-state index contributed by atoms with van der Waals surface area (Å²) in [5.74, 6) is 0.781. The van der Waals surface area contributed by atoms with Gasteiger partial charge in [0.25, 0.3) is 0 Å². The summed E-state index contributed by atoms with van der Waals surface area (Å²) < 4.78 is 13.3. The van der Waals surface area contributed by atoms with E-state index < -0.39 is 5.60 Å². The average molecular weight is 584 g/mol. The van der Waals surface area contributed by atoms with Crippen LogP contribution < -0.4 is 21.5 Å². The van der Waals surface area contributed by atoms with Crippen LogP contribution in [0.2, 0.25) is 12.6 Å². The van der Waals surface area contributed by atoms with E-state index in [1.807, 2.05) is 37.5 Å². The molecule has 179 valence electrons. The molecule has 0 aliphatic carbocycles. The number of nitrogens with zero attached hydrogens (tertiary/aromatic N) is 2. The third kappa shape index (κ3) is 9.08. The molecule has 0 bridgehead atoms. The van der Waals surface area contributed by atoms with Crippen molar-refractivity contribution in [1.29, 1.82) is 0 Å². The number of allylic oxidation sites excluding steroid dienone is 2. The molecule has 8 nitrogen and oxygen atoms in total. The molecule has 11 heteroatoms. The van der Waals surface area contributed by atoms with E-state index in [4.69, 9.17) is 20.9 Å². The molecule has 0 saturated heterocycles. The first-order valence-electron chi connectivity index (χ1n) is 10.9. The number of ether oxygens (including phenoxy) is 2. The van der Waals surface area contributed by atoms with Gasteiger partial charge in [-0.2, -0.15) is 5.10 Å². The summed E-state index contributed by atoms with van der Waals surface area (Å²) in [6.07, 6.45) is 10.4. The molecule has 0 saturated carbocycles. The van der Waals surface area contributed by atoms with Gasteiger partial charge in [-0.15, -0.1) is 0 Å². The number of rotatable bonds is 12. The fourth-order valence-corrected chi connectivity index (χ4v) is 4.65. The van der Waals surface area contributed by atoms with E-state index in [1.54, 1.807) is 6.08 Å². The first-order chi connectivity index (χ1) is 15.8. The molecule has 1 amide bonds. The number of nitrogens with one attached hydrogen (secondary N) is 1. The molecule has 1 radical (unpaired) electrons. The second kappa shape index (κ2) is 13.7. The molecule has 1 heterocycles. The molecule has 1 atom stereocenters. The summed E-state index contributed by atoms with van der Waals surface area (Å²) in [5.41, 5.74) is 13.6. The van der Waals surface area contributed by atoms with Gasteiger partial charge in [-0.25, -0.2) is 9.25 Å². The maximum Gasteiger partial charge on any atom is 0.407 e. The van der Waals surface area contributed by atoms with Gasteiger partial charge in [-0.05, 0) is 91.1 Å². The zero-order valence-electron chi connectivity index (χ0n) is 19.4. The topological polar surface area (TPSA) is 117 Å². The van der Waals surface area contributed by atoms with Crippen LogP contribution in [0.25, 0.3) is 16.5 Å². The molecule has 0 fully saturated rings. The number of carbonyl (C=O) groups is 1. The van der Waals surface area contributed by atoms with E-state index in [2.05, 4.69) is 45.8 Å². The highest BCUT2D eigenvalue weighted by atomic mass is 127. The van der Waals surface area contributed by atoms with Gasteiger partial charge in [0.1, 0.15) is 18.6 Å². The zero-order chi connectivity index (χ0) is 24.3. The lowest BCUT2D eigenvalue weighted by Gasteiger charge is -2.19. The maximum atomic E-state index is 11.6. The Morgan fingerprint density at radius 3 is 2.76 bits per heavy atom. The van der Waals surface area contributed by atoms with Gasteiger partial charge in [0.2, 0.25) is 0 Å². The van der Waals surface area contributed by atoms with Crippen LogP contribution in [-0.2, 0) is 4.74 Å². The van der Waals surface area contributed by atoms with Gasteiger partial charge in [0.15, 0.2) is 0 Å². The van der Waals surface area contributed by atoms with E-state index in [0.717, 1.165) is 53.3 Å². The molecule has 1 aromatic heterocycles. The largest absolute Gasteiger partial charge is 0.494 e. The maximum absolute atomic E-state index is 11.6. The summed E-state index contributed by atoms with van der Waals surface area (Å²) in [6.45, 7) is 6.74. The second-order valence-corrected chi connectivity index (χ2v) is 10.4. The van der Waals surface area contributed by atoms with E-state index in [1.165, 1.54) is 12.4 Å². The van der Waals surface area contributed by atoms with Crippen LogP contribution in [0.3, 0.4) is 0 Å². The molecule has 0 spiro atoms. The van der Waals surface area contributed by atoms with Crippen LogP contribution in [0.4, 0.5) is 4.79 Å². The van der Waals surface area contributed by atoms with Gasteiger partial charge in [0.05, 0.1) is 30.1 Å². The summed E-state index contributed by atoms with van der Waals surface area (Å²) in [4.78, 5) is 11.6. The minimum atomic E-state index is -0.471. The molecule has 0 aliphatic heterocycles. The Balaban J connectivity index is 1.82. The molecule has 33 heavy (non-hydrogen) atoms. The molecule has 2 aromatic rings. The number of halogens is 1. The number of hydrogen-bond donors (Lipinski definition) is 3. The number of amides is 1. The van der Waals surface area contributed by atoms with Gasteiger partial charge < -0.3 is 26.3 Å². The number of hydrogen-bond acceptors (Lipinski definition) is 6. The van der Waals surface area contributed by atoms with Crippen molar-refractivity contribution in [3.05, 3.63) is 42.4 Å². The van der Waals surface area contributed by atoms with Crippen molar-refractivity contribution >= 4 is 58.3 Å². The lowest BCUT2D eigenvalue weighted by atomic mass is 9.70. The van der Waals surface area contributed by atoms with Crippen molar-refractivity contribution in [1.82, 2.24) is 14.9 Å². The number of benzene rings is 1. The first kappa shape index (κ1) is 27.3. The van der Waals surface area contributed by atoms with Crippen molar-refractivity contribution in [3.63, 3.8) is 0 Å². The molecule has 1 unspecified atom stereocenters. The molecule has 2 rings (SSSR count). The fraction of sp³-hybridized carbons (Fsp3) is 0.455. The average Bonchev–Trinajstić information content (AvgIpc) is 3.18. The molecular weight excluding hydrogens is 551 g/mol. The highest BCUT2D eigenvalue weighted by Crippen LogP contribution is 2.35. The third-order valence-electron chi connectivity index (χ3n) is 4.60. The number of fused-ring (bicyclic) bond motifs is 1. The van der Waals surface area contributed by atoms with Crippen molar-refractivity contribution in [3.8, 4) is 5.75 Å². The van der Waals surface area contributed by atoms with Crippen molar-refractivity contribution in [2.24, 2.45) is 11.5 Å². The number of carbonyl (C=O) groups excluding carboxylic acids is 1. The van der Waals surface area contributed by atoms with E-state index in [9.17, 15) is 4.79 Å². The Hall–Kier alpha value is -1.94. The summed E-state index contributed by atoms with van der Waals surface area (Å²) in [6, 6.07) is 4.03. The van der Waals surface area contributed by atoms with Gasteiger partial charge in [-0.3, -0.25) is 0 Å². The van der Waals surface area contributed by atoms with Gasteiger partial charge in [0, 0.05) is 12.7 Å². The standard InChI is InChI=1S/C22H33BIN5O3P/c1-22(2,3)32-21(30)27-10-5-4-7-23-8-11-31-20-13-17(16(14-26)6-9-25)12-19-18(20)15-28-29(19)33-24/h6,9,12-15,33H,4-5,7-8,10-11,25-26H2,1-3H3,(H,27,30)/b9-6-,16-14+.